The van der Waals surface area contributed by atoms with Crippen molar-refractivity contribution in [2.24, 2.45) is 5.73 Å². The number of hydrogen-bond acceptors (Lipinski definition) is 4. The predicted octanol–water partition coefficient (Wildman–Crippen LogP) is 2.77. The third kappa shape index (κ3) is 5.89. The van der Waals surface area contributed by atoms with Crippen LogP contribution in [0.5, 0.6) is 0 Å². The van der Waals surface area contributed by atoms with E-state index in [1.165, 1.54) is 5.56 Å². The molecule has 26 heavy (non-hydrogen) atoms. The second kappa shape index (κ2) is 9.62. The van der Waals surface area contributed by atoms with E-state index in [1.54, 1.807) is 16.7 Å². The normalized spacial score (nSPS) is 18.2. The van der Waals surface area contributed by atoms with Gasteiger partial charge in [-0.25, -0.2) is 0 Å². The molecule has 146 valence electrons. The van der Waals surface area contributed by atoms with Crippen LogP contribution in [0.2, 0.25) is 0 Å². The standard InChI is InChI=1S/C19H29N3O2S.ClH/c1-13(20)9-10-21-17(23)16-11-25-12-22(16)18(24)14-5-7-15(8-6-14)19(2,3)4;/h5-8,13,16H,9-12,20H2,1-4H3,(H,21,23);1H. The molecule has 0 saturated carbocycles. The maximum Gasteiger partial charge on any atom is 0.255 e. The minimum Gasteiger partial charge on any atom is -0.354 e. The Balaban J connectivity index is 0.00000338. The number of amides is 2. The average molecular weight is 400 g/mol. The molecule has 2 amide bonds. The summed E-state index contributed by atoms with van der Waals surface area (Å²) in [6.07, 6.45) is 0.730. The molecule has 0 spiro atoms. The maximum absolute atomic E-state index is 12.8. The Kier molecular flexibility index (Phi) is 8.44. The topological polar surface area (TPSA) is 75.4 Å². The van der Waals surface area contributed by atoms with Gasteiger partial charge in [0.1, 0.15) is 6.04 Å². The second-order valence-electron chi connectivity index (χ2n) is 7.67. The monoisotopic (exact) mass is 399 g/mol. The van der Waals surface area contributed by atoms with Crippen LogP contribution in [0.3, 0.4) is 0 Å². The lowest BCUT2D eigenvalue weighted by atomic mass is 9.86. The van der Waals surface area contributed by atoms with Crippen molar-refractivity contribution in [3.8, 4) is 0 Å². The van der Waals surface area contributed by atoms with Crippen molar-refractivity contribution in [2.75, 3.05) is 18.2 Å². The number of hydrogen-bond donors (Lipinski definition) is 2. The zero-order valence-electron chi connectivity index (χ0n) is 16.0. The summed E-state index contributed by atoms with van der Waals surface area (Å²) in [5.74, 6) is 1.00. The van der Waals surface area contributed by atoms with E-state index in [9.17, 15) is 9.59 Å². The highest BCUT2D eigenvalue weighted by Gasteiger charge is 2.35. The van der Waals surface area contributed by atoms with Crippen LogP contribution in [-0.4, -0.2) is 47.0 Å². The SMILES string of the molecule is CC(N)CCNC(=O)C1CSCN1C(=O)c1ccc(C(C)(C)C)cc1.Cl. The number of thioether (sulfide) groups is 1. The predicted molar refractivity (Wildman–Crippen MR) is 111 cm³/mol. The number of nitrogens with two attached hydrogens (primary N) is 1. The molecule has 2 unspecified atom stereocenters. The molecule has 1 fully saturated rings. The molecule has 1 aromatic carbocycles. The maximum atomic E-state index is 12.8. The summed E-state index contributed by atoms with van der Waals surface area (Å²) in [5.41, 5.74) is 7.57. The molecule has 1 aliphatic heterocycles. The minimum atomic E-state index is -0.409. The molecule has 1 saturated heterocycles. The summed E-state index contributed by atoms with van der Waals surface area (Å²) in [6.45, 7) is 8.88. The van der Waals surface area contributed by atoms with Crippen LogP contribution >= 0.6 is 24.2 Å². The van der Waals surface area contributed by atoms with Gasteiger partial charge in [-0.1, -0.05) is 32.9 Å². The lowest BCUT2D eigenvalue weighted by Crippen LogP contribution is -2.47. The van der Waals surface area contributed by atoms with Crippen LogP contribution in [0.15, 0.2) is 24.3 Å². The van der Waals surface area contributed by atoms with Crippen molar-refractivity contribution >= 4 is 36.0 Å². The lowest BCUT2D eigenvalue weighted by molar-refractivity contribution is -0.124. The van der Waals surface area contributed by atoms with E-state index >= 15 is 0 Å². The third-order valence-corrected chi connectivity index (χ3v) is 5.35. The van der Waals surface area contributed by atoms with Gasteiger partial charge in [0.2, 0.25) is 5.91 Å². The van der Waals surface area contributed by atoms with Crippen molar-refractivity contribution in [3.63, 3.8) is 0 Å². The molecule has 7 heteroatoms. The Labute approximate surface area is 166 Å². The van der Waals surface area contributed by atoms with Crippen LogP contribution < -0.4 is 11.1 Å². The molecule has 0 bridgehead atoms. The van der Waals surface area contributed by atoms with E-state index in [2.05, 4.69) is 26.1 Å². The highest BCUT2D eigenvalue weighted by molar-refractivity contribution is 7.99. The molecular formula is C19H30ClN3O2S. The van der Waals surface area contributed by atoms with Crippen LogP contribution in [0.1, 0.15) is 50.0 Å². The summed E-state index contributed by atoms with van der Waals surface area (Å²) in [6, 6.07) is 7.35. The first kappa shape index (κ1) is 22.8. The van der Waals surface area contributed by atoms with Gasteiger partial charge in [-0.3, -0.25) is 9.59 Å². The molecule has 0 aliphatic carbocycles. The first-order valence-corrected chi connectivity index (χ1v) is 9.88. The number of carbonyl (C=O) groups is 2. The minimum absolute atomic E-state index is 0. The van der Waals surface area contributed by atoms with Crippen molar-refractivity contribution in [3.05, 3.63) is 35.4 Å². The molecule has 0 radical (unpaired) electrons. The summed E-state index contributed by atoms with van der Waals surface area (Å²) in [4.78, 5) is 26.9. The van der Waals surface area contributed by atoms with E-state index in [0.717, 1.165) is 6.42 Å². The zero-order valence-corrected chi connectivity index (χ0v) is 17.6. The number of carbonyl (C=O) groups excluding carboxylic acids is 2. The highest BCUT2D eigenvalue weighted by Crippen LogP contribution is 2.26. The first-order valence-electron chi connectivity index (χ1n) is 8.72. The van der Waals surface area contributed by atoms with Crippen molar-refractivity contribution < 1.29 is 9.59 Å². The van der Waals surface area contributed by atoms with Crippen LogP contribution in [-0.2, 0) is 10.2 Å². The Morgan fingerprint density at radius 1 is 1.31 bits per heavy atom. The second-order valence-corrected chi connectivity index (χ2v) is 8.67. The summed E-state index contributed by atoms with van der Waals surface area (Å²) in [7, 11) is 0. The smallest absolute Gasteiger partial charge is 0.255 e. The number of nitrogens with zero attached hydrogens (tertiary/aromatic N) is 1. The Morgan fingerprint density at radius 3 is 2.46 bits per heavy atom. The molecule has 2 rings (SSSR count). The van der Waals surface area contributed by atoms with Gasteiger partial charge in [0.15, 0.2) is 0 Å². The number of nitrogens with one attached hydrogen (secondary N) is 1. The van der Waals surface area contributed by atoms with E-state index < -0.39 is 6.04 Å². The van der Waals surface area contributed by atoms with Gasteiger partial charge in [-0.05, 0) is 36.5 Å². The quantitative estimate of drug-likeness (QED) is 0.798. The van der Waals surface area contributed by atoms with Gasteiger partial charge in [-0.2, -0.15) is 0 Å². The highest BCUT2D eigenvalue weighted by atomic mass is 35.5. The molecule has 5 nitrogen and oxygen atoms in total. The van der Waals surface area contributed by atoms with Gasteiger partial charge < -0.3 is 16.0 Å². The lowest BCUT2D eigenvalue weighted by Gasteiger charge is -2.24. The summed E-state index contributed by atoms with van der Waals surface area (Å²) >= 11 is 1.61. The van der Waals surface area contributed by atoms with Gasteiger partial charge >= 0.3 is 0 Å². The van der Waals surface area contributed by atoms with Gasteiger partial charge in [0.25, 0.3) is 5.91 Å². The van der Waals surface area contributed by atoms with Crippen LogP contribution in [0.4, 0.5) is 0 Å². The van der Waals surface area contributed by atoms with Crippen molar-refractivity contribution in [1.29, 1.82) is 0 Å². The van der Waals surface area contributed by atoms with E-state index in [1.807, 2.05) is 31.2 Å². The third-order valence-electron chi connectivity index (χ3n) is 4.34. The van der Waals surface area contributed by atoms with E-state index in [4.69, 9.17) is 5.73 Å². The van der Waals surface area contributed by atoms with Crippen LogP contribution in [0.25, 0.3) is 0 Å². The summed E-state index contributed by atoms with van der Waals surface area (Å²) < 4.78 is 0. The molecule has 1 heterocycles. The fourth-order valence-electron chi connectivity index (χ4n) is 2.68. The molecular weight excluding hydrogens is 370 g/mol. The average Bonchev–Trinajstić information content (AvgIpc) is 3.02. The first-order chi connectivity index (χ1) is 11.7. The zero-order chi connectivity index (χ0) is 18.6. The van der Waals surface area contributed by atoms with Gasteiger partial charge in [0, 0.05) is 23.9 Å². The van der Waals surface area contributed by atoms with E-state index in [-0.39, 0.29) is 35.7 Å². The largest absolute Gasteiger partial charge is 0.354 e. The van der Waals surface area contributed by atoms with E-state index in [0.29, 0.717) is 23.7 Å². The summed E-state index contributed by atoms with van der Waals surface area (Å²) in [5, 5.41) is 2.90. The molecule has 2 atom stereocenters. The fourth-order valence-corrected chi connectivity index (χ4v) is 3.83. The number of rotatable bonds is 5. The fraction of sp³-hybridized carbons (Fsp3) is 0.579. The number of halogens is 1. The van der Waals surface area contributed by atoms with Crippen LogP contribution in [0, 0.1) is 0 Å². The van der Waals surface area contributed by atoms with Crippen molar-refractivity contribution in [2.45, 2.75) is 51.6 Å². The molecule has 1 aromatic rings. The number of benzene rings is 1. The van der Waals surface area contributed by atoms with Crippen molar-refractivity contribution in [1.82, 2.24) is 10.2 Å². The molecule has 3 N–H and O–H groups in total. The Bertz CT molecular complexity index is 614. The Hall–Kier alpha value is -1.24. The molecule has 1 aliphatic rings. The van der Waals surface area contributed by atoms with Gasteiger partial charge in [-0.15, -0.1) is 24.2 Å². The Morgan fingerprint density at radius 2 is 1.92 bits per heavy atom. The molecule has 0 aromatic heterocycles. The van der Waals surface area contributed by atoms with Gasteiger partial charge in [0.05, 0.1) is 5.88 Å².